The second-order valence-electron chi connectivity index (χ2n) is 4.44. The number of nitrogen functional groups attached to an aromatic ring is 1. The quantitative estimate of drug-likeness (QED) is 0.676. The summed E-state index contributed by atoms with van der Waals surface area (Å²) in [6.07, 6.45) is 3.40. The normalized spacial score (nSPS) is 10.8. The van der Waals surface area contributed by atoms with Gasteiger partial charge in [-0.15, -0.1) is 11.3 Å². The predicted octanol–water partition coefficient (Wildman–Crippen LogP) is 3.39. The summed E-state index contributed by atoms with van der Waals surface area (Å²) >= 11 is 1.67. The minimum atomic E-state index is 0.0170. The third-order valence-electron chi connectivity index (χ3n) is 2.95. The minimum Gasteiger partial charge on any atom is -0.399 e. The summed E-state index contributed by atoms with van der Waals surface area (Å²) in [5.74, 6) is 0.0170. The van der Waals surface area contributed by atoms with E-state index in [2.05, 4.69) is 0 Å². The van der Waals surface area contributed by atoms with E-state index >= 15 is 0 Å². The highest BCUT2D eigenvalue weighted by Gasteiger charge is 2.09. The van der Waals surface area contributed by atoms with Crippen molar-refractivity contribution in [3.63, 3.8) is 0 Å². The van der Waals surface area contributed by atoms with Crippen molar-refractivity contribution in [2.45, 2.75) is 13.5 Å². The predicted molar refractivity (Wildman–Crippen MR) is 85.3 cm³/mol. The first kappa shape index (κ1) is 14.3. The summed E-state index contributed by atoms with van der Waals surface area (Å²) in [7, 11) is 0. The van der Waals surface area contributed by atoms with Gasteiger partial charge in [-0.1, -0.05) is 18.2 Å². The van der Waals surface area contributed by atoms with E-state index in [-0.39, 0.29) is 5.91 Å². The van der Waals surface area contributed by atoms with Gasteiger partial charge in [0.05, 0.1) is 6.54 Å². The lowest BCUT2D eigenvalue weighted by Gasteiger charge is -2.18. The molecule has 0 aliphatic heterocycles. The second-order valence-corrected chi connectivity index (χ2v) is 5.47. The summed E-state index contributed by atoms with van der Waals surface area (Å²) < 4.78 is 0. The monoisotopic (exact) mass is 286 g/mol. The second kappa shape index (κ2) is 6.91. The number of hydrogen-bond donors (Lipinski definition) is 1. The highest BCUT2D eigenvalue weighted by Crippen LogP contribution is 2.13. The SMILES string of the molecule is CCN(Cc1cccs1)C(=O)/C=C/c1cccc(N)c1. The highest BCUT2D eigenvalue weighted by molar-refractivity contribution is 7.09. The number of amides is 1. The molecule has 0 atom stereocenters. The number of anilines is 1. The molecule has 1 amide bonds. The number of nitrogens with two attached hydrogens (primary N) is 1. The lowest BCUT2D eigenvalue weighted by atomic mass is 10.2. The molecule has 2 N–H and O–H groups in total. The molecule has 0 saturated carbocycles. The van der Waals surface area contributed by atoms with Crippen molar-refractivity contribution >= 4 is 29.0 Å². The molecule has 1 heterocycles. The van der Waals surface area contributed by atoms with Crippen LogP contribution < -0.4 is 5.73 Å². The number of nitrogens with zero attached hydrogens (tertiary/aromatic N) is 1. The molecule has 1 aromatic carbocycles. The summed E-state index contributed by atoms with van der Waals surface area (Å²) in [6, 6.07) is 11.5. The topological polar surface area (TPSA) is 46.3 Å². The van der Waals surface area contributed by atoms with Crippen LogP contribution in [-0.4, -0.2) is 17.4 Å². The number of likely N-dealkylation sites (N-methyl/N-ethyl adjacent to an activating group) is 1. The minimum absolute atomic E-state index is 0.0170. The van der Waals surface area contributed by atoms with Crippen LogP contribution in [0.5, 0.6) is 0 Å². The maximum atomic E-state index is 12.2. The Hall–Kier alpha value is -2.07. The van der Waals surface area contributed by atoms with Crippen LogP contribution in [0.25, 0.3) is 6.08 Å². The average molecular weight is 286 g/mol. The van der Waals surface area contributed by atoms with Crippen LogP contribution in [0.15, 0.2) is 47.9 Å². The molecule has 0 spiro atoms. The fraction of sp³-hybridized carbons (Fsp3) is 0.188. The van der Waals surface area contributed by atoms with Crippen LogP contribution in [0.1, 0.15) is 17.4 Å². The largest absolute Gasteiger partial charge is 0.399 e. The Morgan fingerprint density at radius 1 is 1.35 bits per heavy atom. The maximum Gasteiger partial charge on any atom is 0.246 e. The van der Waals surface area contributed by atoms with Gasteiger partial charge in [0.1, 0.15) is 0 Å². The lowest BCUT2D eigenvalue weighted by molar-refractivity contribution is -0.126. The molecule has 20 heavy (non-hydrogen) atoms. The zero-order valence-corrected chi connectivity index (χ0v) is 12.3. The molecular formula is C16H18N2OS. The van der Waals surface area contributed by atoms with E-state index in [0.717, 1.165) is 5.56 Å². The van der Waals surface area contributed by atoms with Crippen LogP contribution in [0.3, 0.4) is 0 Å². The number of thiophene rings is 1. The third-order valence-corrected chi connectivity index (χ3v) is 3.81. The number of carbonyl (C=O) groups is 1. The van der Waals surface area contributed by atoms with E-state index in [0.29, 0.717) is 18.8 Å². The molecule has 0 aliphatic carbocycles. The smallest absolute Gasteiger partial charge is 0.246 e. The van der Waals surface area contributed by atoms with Crippen LogP contribution in [0.4, 0.5) is 5.69 Å². The van der Waals surface area contributed by atoms with Crippen LogP contribution >= 0.6 is 11.3 Å². The van der Waals surface area contributed by atoms with Crippen molar-refractivity contribution in [2.24, 2.45) is 0 Å². The van der Waals surface area contributed by atoms with Crippen LogP contribution in [-0.2, 0) is 11.3 Å². The summed E-state index contributed by atoms with van der Waals surface area (Å²) in [5, 5.41) is 2.02. The molecule has 2 rings (SSSR count). The molecule has 0 fully saturated rings. The fourth-order valence-corrected chi connectivity index (χ4v) is 2.59. The third kappa shape index (κ3) is 3.96. The van der Waals surface area contributed by atoms with E-state index < -0.39 is 0 Å². The van der Waals surface area contributed by atoms with E-state index in [9.17, 15) is 4.79 Å². The van der Waals surface area contributed by atoms with Gasteiger partial charge in [0.25, 0.3) is 0 Å². The standard InChI is InChI=1S/C16H18N2OS/c1-2-18(12-15-7-4-10-20-15)16(19)9-8-13-5-3-6-14(17)11-13/h3-11H,2,12,17H2,1H3/b9-8+. The van der Waals surface area contributed by atoms with Gasteiger partial charge >= 0.3 is 0 Å². The molecule has 0 aliphatic rings. The van der Waals surface area contributed by atoms with Gasteiger partial charge in [-0.2, -0.15) is 0 Å². The molecule has 1 aromatic heterocycles. The van der Waals surface area contributed by atoms with Crippen molar-refractivity contribution in [2.75, 3.05) is 12.3 Å². The van der Waals surface area contributed by atoms with Gasteiger partial charge in [0.2, 0.25) is 5.91 Å². The molecule has 0 radical (unpaired) electrons. The molecule has 2 aromatic rings. The van der Waals surface area contributed by atoms with E-state index in [1.165, 1.54) is 4.88 Å². The van der Waals surface area contributed by atoms with Gasteiger partial charge in [-0.25, -0.2) is 0 Å². The molecule has 0 bridgehead atoms. The highest BCUT2D eigenvalue weighted by atomic mass is 32.1. The van der Waals surface area contributed by atoms with Crippen molar-refractivity contribution in [3.8, 4) is 0 Å². The molecule has 0 saturated heterocycles. The van der Waals surface area contributed by atoms with Gasteiger partial charge < -0.3 is 10.6 Å². The Labute approximate surface area is 123 Å². The van der Waals surface area contributed by atoms with Crippen molar-refractivity contribution in [1.29, 1.82) is 0 Å². The Morgan fingerprint density at radius 2 is 2.20 bits per heavy atom. The molecule has 3 nitrogen and oxygen atoms in total. The summed E-state index contributed by atoms with van der Waals surface area (Å²) in [6.45, 7) is 3.34. The van der Waals surface area contributed by atoms with Crippen LogP contribution in [0, 0.1) is 0 Å². The van der Waals surface area contributed by atoms with Gasteiger partial charge in [-0.05, 0) is 42.1 Å². The van der Waals surface area contributed by atoms with E-state index in [1.807, 2.05) is 53.6 Å². The summed E-state index contributed by atoms with van der Waals surface area (Å²) in [5.41, 5.74) is 7.35. The van der Waals surface area contributed by atoms with Crippen molar-refractivity contribution < 1.29 is 4.79 Å². The number of benzene rings is 1. The van der Waals surface area contributed by atoms with Crippen LogP contribution in [0.2, 0.25) is 0 Å². The van der Waals surface area contributed by atoms with Crippen molar-refractivity contribution in [3.05, 3.63) is 58.3 Å². The zero-order valence-electron chi connectivity index (χ0n) is 11.5. The number of carbonyl (C=O) groups excluding carboxylic acids is 1. The fourth-order valence-electron chi connectivity index (χ4n) is 1.87. The Bertz CT molecular complexity index is 590. The molecule has 104 valence electrons. The first-order valence-electron chi connectivity index (χ1n) is 6.54. The number of rotatable bonds is 5. The Balaban J connectivity index is 2.02. The zero-order chi connectivity index (χ0) is 14.4. The summed E-state index contributed by atoms with van der Waals surface area (Å²) in [4.78, 5) is 15.2. The average Bonchev–Trinajstić information content (AvgIpc) is 2.95. The Morgan fingerprint density at radius 3 is 2.85 bits per heavy atom. The van der Waals surface area contributed by atoms with Gasteiger partial charge in [0.15, 0.2) is 0 Å². The Kier molecular flexibility index (Phi) is 4.96. The van der Waals surface area contributed by atoms with E-state index in [4.69, 9.17) is 5.73 Å². The number of hydrogen-bond acceptors (Lipinski definition) is 3. The van der Waals surface area contributed by atoms with Gasteiger partial charge in [-0.3, -0.25) is 4.79 Å². The molecule has 4 heteroatoms. The van der Waals surface area contributed by atoms with E-state index in [1.54, 1.807) is 23.5 Å². The first-order chi connectivity index (χ1) is 9.69. The molecule has 0 unspecified atom stereocenters. The maximum absolute atomic E-state index is 12.2. The lowest BCUT2D eigenvalue weighted by Crippen LogP contribution is -2.28. The first-order valence-corrected chi connectivity index (χ1v) is 7.42. The molecular weight excluding hydrogens is 268 g/mol. The van der Waals surface area contributed by atoms with Gasteiger partial charge in [0, 0.05) is 23.2 Å². The van der Waals surface area contributed by atoms with Crippen molar-refractivity contribution in [1.82, 2.24) is 4.90 Å².